The Morgan fingerprint density at radius 3 is 3.14 bits per heavy atom. The van der Waals surface area contributed by atoms with E-state index >= 15 is 0 Å². The molecule has 76 valence electrons. The average molecular weight is 191 g/mol. The van der Waals surface area contributed by atoms with Crippen molar-refractivity contribution in [2.45, 2.75) is 19.9 Å². The molecule has 0 amide bonds. The zero-order valence-corrected chi connectivity index (χ0v) is 8.83. The third-order valence-electron chi connectivity index (χ3n) is 2.71. The van der Waals surface area contributed by atoms with E-state index in [1.54, 1.807) is 0 Å². The Bertz CT molecular complexity index is 311. The maximum absolute atomic E-state index is 4.22. The molecule has 3 heteroatoms. The minimum atomic E-state index is 0.575. The standard InChI is InChI=1S/C11H17N3/c1-9-7-11(3-4-13-9)14-6-5-12-8-10(14)2/h3-4,7,10,12H,5-6,8H2,1-2H3/t10-/m0/s1. The molecular weight excluding hydrogens is 174 g/mol. The Kier molecular flexibility index (Phi) is 2.68. The van der Waals surface area contributed by atoms with E-state index in [-0.39, 0.29) is 0 Å². The quantitative estimate of drug-likeness (QED) is 0.722. The molecule has 14 heavy (non-hydrogen) atoms. The van der Waals surface area contributed by atoms with Crippen LogP contribution in [0.2, 0.25) is 0 Å². The van der Waals surface area contributed by atoms with Crippen molar-refractivity contribution in [2.24, 2.45) is 0 Å². The average Bonchev–Trinajstić information content (AvgIpc) is 2.18. The molecule has 0 spiro atoms. The largest absolute Gasteiger partial charge is 0.366 e. The Hall–Kier alpha value is -1.09. The van der Waals surface area contributed by atoms with Crippen molar-refractivity contribution in [3.05, 3.63) is 24.0 Å². The molecule has 1 aromatic rings. The molecular formula is C11H17N3. The first-order valence-electron chi connectivity index (χ1n) is 5.17. The highest BCUT2D eigenvalue weighted by atomic mass is 15.2. The fourth-order valence-corrected chi connectivity index (χ4v) is 1.93. The second kappa shape index (κ2) is 3.96. The molecule has 0 radical (unpaired) electrons. The normalized spacial score (nSPS) is 22.4. The van der Waals surface area contributed by atoms with Gasteiger partial charge in [0.15, 0.2) is 0 Å². The number of aromatic nitrogens is 1. The molecule has 1 aliphatic rings. The summed E-state index contributed by atoms with van der Waals surface area (Å²) in [4.78, 5) is 6.65. The van der Waals surface area contributed by atoms with Gasteiger partial charge in [-0.1, -0.05) is 0 Å². The van der Waals surface area contributed by atoms with Crippen LogP contribution in [0, 0.1) is 6.92 Å². The van der Waals surface area contributed by atoms with E-state index < -0.39 is 0 Å². The van der Waals surface area contributed by atoms with Gasteiger partial charge in [0.2, 0.25) is 0 Å². The number of nitrogens with zero attached hydrogens (tertiary/aromatic N) is 2. The minimum absolute atomic E-state index is 0.575. The summed E-state index contributed by atoms with van der Waals surface area (Å²) in [7, 11) is 0. The summed E-state index contributed by atoms with van der Waals surface area (Å²) in [6, 6.07) is 4.82. The van der Waals surface area contributed by atoms with Crippen LogP contribution < -0.4 is 10.2 Å². The highest BCUT2D eigenvalue weighted by Gasteiger charge is 2.17. The van der Waals surface area contributed by atoms with Gasteiger partial charge in [-0.15, -0.1) is 0 Å². The van der Waals surface area contributed by atoms with E-state index in [2.05, 4.69) is 34.3 Å². The third-order valence-corrected chi connectivity index (χ3v) is 2.71. The van der Waals surface area contributed by atoms with Gasteiger partial charge in [-0.3, -0.25) is 4.98 Å². The predicted molar refractivity (Wildman–Crippen MR) is 58.7 cm³/mol. The highest BCUT2D eigenvalue weighted by Crippen LogP contribution is 2.17. The van der Waals surface area contributed by atoms with Crippen molar-refractivity contribution in [3.63, 3.8) is 0 Å². The maximum Gasteiger partial charge on any atom is 0.0403 e. The first-order chi connectivity index (χ1) is 6.77. The van der Waals surface area contributed by atoms with Crippen LogP contribution in [0.3, 0.4) is 0 Å². The zero-order chi connectivity index (χ0) is 9.97. The van der Waals surface area contributed by atoms with Crippen molar-refractivity contribution < 1.29 is 0 Å². The minimum Gasteiger partial charge on any atom is -0.366 e. The van der Waals surface area contributed by atoms with E-state index in [0.717, 1.165) is 25.3 Å². The van der Waals surface area contributed by atoms with Gasteiger partial charge < -0.3 is 10.2 Å². The molecule has 1 aliphatic heterocycles. The van der Waals surface area contributed by atoms with Gasteiger partial charge in [0, 0.05) is 43.3 Å². The number of piperazine rings is 1. The first-order valence-corrected chi connectivity index (χ1v) is 5.17. The van der Waals surface area contributed by atoms with Gasteiger partial charge in [-0.2, -0.15) is 0 Å². The molecule has 0 bridgehead atoms. The van der Waals surface area contributed by atoms with Gasteiger partial charge in [-0.05, 0) is 26.0 Å². The van der Waals surface area contributed by atoms with Gasteiger partial charge in [0.25, 0.3) is 0 Å². The van der Waals surface area contributed by atoms with Crippen LogP contribution >= 0.6 is 0 Å². The molecule has 1 aromatic heterocycles. The van der Waals surface area contributed by atoms with Crippen molar-refractivity contribution in [2.75, 3.05) is 24.5 Å². The lowest BCUT2D eigenvalue weighted by Crippen LogP contribution is -2.49. The van der Waals surface area contributed by atoms with Crippen LogP contribution in [0.15, 0.2) is 18.3 Å². The molecule has 1 saturated heterocycles. The Labute approximate surface area is 85.1 Å². The van der Waals surface area contributed by atoms with E-state index in [9.17, 15) is 0 Å². The maximum atomic E-state index is 4.22. The number of hydrogen-bond donors (Lipinski definition) is 1. The van der Waals surface area contributed by atoms with Crippen LogP contribution in [0.25, 0.3) is 0 Å². The summed E-state index contributed by atoms with van der Waals surface area (Å²) in [5.41, 5.74) is 2.39. The second-order valence-electron chi connectivity index (χ2n) is 3.90. The molecule has 0 saturated carbocycles. The number of pyridine rings is 1. The number of anilines is 1. The molecule has 1 atom stereocenters. The molecule has 2 rings (SSSR count). The smallest absolute Gasteiger partial charge is 0.0403 e. The fraction of sp³-hybridized carbons (Fsp3) is 0.545. The molecule has 2 heterocycles. The number of rotatable bonds is 1. The van der Waals surface area contributed by atoms with Crippen molar-refractivity contribution in [1.82, 2.24) is 10.3 Å². The summed E-state index contributed by atoms with van der Waals surface area (Å²) < 4.78 is 0. The summed E-state index contributed by atoms with van der Waals surface area (Å²) in [6.45, 7) is 7.52. The molecule has 0 aliphatic carbocycles. The van der Waals surface area contributed by atoms with Crippen LogP contribution in [0.4, 0.5) is 5.69 Å². The van der Waals surface area contributed by atoms with E-state index in [0.29, 0.717) is 6.04 Å². The third kappa shape index (κ3) is 1.87. The van der Waals surface area contributed by atoms with Crippen molar-refractivity contribution >= 4 is 5.69 Å². The van der Waals surface area contributed by atoms with Gasteiger partial charge in [0.05, 0.1) is 0 Å². The zero-order valence-electron chi connectivity index (χ0n) is 8.83. The number of hydrogen-bond acceptors (Lipinski definition) is 3. The Balaban J connectivity index is 2.20. The van der Waals surface area contributed by atoms with Gasteiger partial charge in [-0.25, -0.2) is 0 Å². The van der Waals surface area contributed by atoms with Crippen LogP contribution in [0.5, 0.6) is 0 Å². The van der Waals surface area contributed by atoms with Gasteiger partial charge in [0.1, 0.15) is 0 Å². The lowest BCUT2D eigenvalue weighted by atomic mass is 10.2. The highest BCUT2D eigenvalue weighted by molar-refractivity contribution is 5.47. The van der Waals surface area contributed by atoms with E-state index in [1.165, 1.54) is 5.69 Å². The van der Waals surface area contributed by atoms with Gasteiger partial charge >= 0.3 is 0 Å². The van der Waals surface area contributed by atoms with Crippen LogP contribution in [0.1, 0.15) is 12.6 Å². The lowest BCUT2D eigenvalue weighted by molar-refractivity contribution is 0.500. The summed E-state index contributed by atoms with van der Waals surface area (Å²) in [6.07, 6.45) is 1.89. The molecule has 3 nitrogen and oxygen atoms in total. The second-order valence-corrected chi connectivity index (χ2v) is 3.90. The van der Waals surface area contributed by atoms with Crippen LogP contribution in [-0.2, 0) is 0 Å². The number of aryl methyl sites for hydroxylation is 1. The molecule has 1 fully saturated rings. The fourth-order valence-electron chi connectivity index (χ4n) is 1.93. The molecule has 0 unspecified atom stereocenters. The SMILES string of the molecule is Cc1cc(N2CCNC[C@@H]2C)ccn1. The Morgan fingerprint density at radius 2 is 2.43 bits per heavy atom. The lowest BCUT2D eigenvalue weighted by Gasteiger charge is -2.35. The Morgan fingerprint density at radius 1 is 1.57 bits per heavy atom. The monoisotopic (exact) mass is 191 g/mol. The van der Waals surface area contributed by atoms with Crippen molar-refractivity contribution in [3.8, 4) is 0 Å². The summed E-state index contributed by atoms with van der Waals surface area (Å²) in [5.74, 6) is 0. The number of nitrogens with one attached hydrogen (secondary N) is 1. The van der Waals surface area contributed by atoms with Crippen molar-refractivity contribution in [1.29, 1.82) is 0 Å². The molecule has 0 aromatic carbocycles. The van der Waals surface area contributed by atoms with Crippen LogP contribution in [-0.4, -0.2) is 30.7 Å². The predicted octanol–water partition coefficient (Wildman–Crippen LogP) is 1.19. The van der Waals surface area contributed by atoms with E-state index in [1.807, 2.05) is 13.1 Å². The van der Waals surface area contributed by atoms with E-state index in [4.69, 9.17) is 0 Å². The molecule has 1 N–H and O–H groups in total. The topological polar surface area (TPSA) is 28.2 Å². The summed E-state index contributed by atoms with van der Waals surface area (Å²) in [5, 5.41) is 3.39. The summed E-state index contributed by atoms with van der Waals surface area (Å²) >= 11 is 0. The first kappa shape index (κ1) is 9.46.